The molecule has 0 spiro atoms. The lowest BCUT2D eigenvalue weighted by Crippen LogP contribution is -2.23. The third-order valence-electron chi connectivity index (χ3n) is 3.10. The summed E-state index contributed by atoms with van der Waals surface area (Å²) in [5.74, 6) is 1.33. The number of thiol groups is 1. The second kappa shape index (κ2) is 5.54. The molecule has 0 heterocycles. The number of rotatable bonds is 4. The van der Waals surface area contributed by atoms with Crippen molar-refractivity contribution in [2.45, 2.75) is 37.4 Å². The molecule has 0 aromatic carbocycles. The van der Waals surface area contributed by atoms with Crippen molar-refractivity contribution < 1.29 is 0 Å². The molecule has 0 saturated heterocycles. The van der Waals surface area contributed by atoms with Gasteiger partial charge in [-0.05, 0) is 24.7 Å². The first-order valence-electron chi connectivity index (χ1n) is 5.22. The third kappa shape index (κ3) is 2.91. The lowest BCUT2D eigenvalue weighted by Gasteiger charge is -2.30. The monoisotopic (exact) mass is 196 g/mol. The van der Waals surface area contributed by atoms with E-state index in [1.165, 1.54) is 32.1 Å². The van der Waals surface area contributed by atoms with E-state index in [9.17, 15) is 0 Å². The van der Waals surface area contributed by atoms with Gasteiger partial charge in [0.15, 0.2) is 0 Å². The SMILES string of the molecule is C=CC(S)C(C=C)C1CCCCC1. The Labute approximate surface area is 87.5 Å². The molecule has 1 saturated carbocycles. The van der Waals surface area contributed by atoms with Gasteiger partial charge in [-0.25, -0.2) is 0 Å². The molecule has 1 fully saturated rings. The van der Waals surface area contributed by atoms with Crippen molar-refractivity contribution in [3.63, 3.8) is 0 Å². The topological polar surface area (TPSA) is 0 Å². The molecule has 0 radical (unpaired) electrons. The molecule has 1 aliphatic rings. The minimum Gasteiger partial charge on any atom is -0.171 e. The molecule has 1 rings (SSSR count). The van der Waals surface area contributed by atoms with Crippen LogP contribution in [0.15, 0.2) is 25.3 Å². The Hall–Kier alpha value is -0.170. The van der Waals surface area contributed by atoms with Crippen LogP contribution in [0.1, 0.15) is 32.1 Å². The summed E-state index contributed by atoms with van der Waals surface area (Å²) in [5, 5.41) is 0.292. The van der Waals surface area contributed by atoms with Crippen molar-refractivity contribution in [1.82, 2.24) is 0 Å². The summed E-state index contributed by atoms with van der Waals surface area (Å²) in [4.78, 5) is 0. The second-order valence-corrected chi connectivity index (χ2v) is 4.53. The maximum absolute atomic E-state index is 4.53. The molecule has 1 heteroatoms. The van der Waals surface area contributed by atoms with Crippen LogP contribution in [0.3, 0.4) is 0 Å². The fraction of sp³-hybridized carbons (Fsp3) is 0.667. The molecule has 74 valence electrons. The highest BCUT2D eigenvalue weighted by atomic mass is 32.1. The van der Waals surface area contributed by atoms with Crippen LogP contribution in [0.5, 0.6) is 0 Å². The van der Waals surface area contributed by atoms with E-state index in [0.717, 1.165) is 5.92 Å². The van der Waals surface area contributed by atoms with Crippen molar-refractivity contribution in [2.24, 2.45) is 11.8 Å². The van der Waals surface area contributed by atoms with Gasteiger partial charge in [0.05, 0.1) is 0 Å². The molecule has 2 atom stereocenters. The highest BCUT2D eigenvalue weighted by molar-refractivity contribution is 7.81. The molecule has 0 aromatic heterocycles. The average molecular weight is 196 g/mol. The lowest BCUT2D eigenvalue weighted by atomic mass is 9.78. The van der Waals surface area contributed by atoms with Gasteiger partial charge in [0.1, 0.15) is 0 Å². The lowest BCUT2D eigenvalue weighted by molar-refractivity contribution is 0.291. The van der Waals surface area contributed by atoms with Gasteiger partial charge in [-0.1, -0.05) is 31.4 Å². The summed E-state index contributed by atoms with van der Waals surface area (Å²) in [6.45, 7) is 7.71. The second-order valence-electron chi connectivity index (χ2n) is 3.94. The van der Waals surface area contributed by atoms with Crippen molar-refractivity contribution in [3.8, 4) is 0 Å². The first-order valence-corrected chi connectivity index (χ1v) is 5.74. The molecular weight excluding hydrogens is 176 g/mol. The average Bonchev–Trinajstić information content (AvgIpc) is 2.20. The van der Waals surface area contributed by atoms with Gasteiger partial charge in [-0.15, -0.1) is 13.2 Å². The quantitative estimate of drug-likeness (QED) is 0.512. The van der Waals surface area contributed by atoms with Gasteiger partial charge in [0, 0.05) is 5.25 Å². The van der Waals surface area contributed by atoms with E-state index in [1.54, 1.807) is 0 Å². The minimum absolute atomic E-state index is 0.292. The van der Waals surface area contributed by atoms with Crippen molar-refractivity contribution in [3.05, 3.63) is 25.3 Å². The van der Waals surface area contributed by atoms with E-state index in [4.69, 9.17) is 0 Å². The van der Waals surface area contributed by atoms with Crippen LogP contribution in [-0.2, 0) is 0 Å². The van der Waals surface area contributed by atoms with E-state index in [-0.39, 0.29) is 0 Å². The number of hydrogen-bond donors (Lipinski definition) is 1. The molecule has 2 unspecified atom stereocenters. The molecule has 0 aliphatic heterocycles. The van der Waals surface area contributed by atoms with Crippen LogP contribution in [0.2, 0.25) is 0 Å². The Balaban J connectivity index is 2.53. The smallest absolute Gasteiger partial charge is 0.0259 e. The Morgan fingerprint density at radius 2 is 1.69 bits per heavy atom. The van der Waals surface area contributed by atoms with Gasteiger partial charge < -0.3 is 0 Å². The fourth-order valence-electron chi connectivity index (χ4n) is 2.29. The van der Waals surface area contributed by atoms with Gasteiger partial charge in [-0.3, -0.25) is 0 Å². The summed E-state index contributed by atoms with van der Waals surface area (Å²) < 4.78 is 0. The minimum atomic E-state index is 0.292. The molecule has 0 amide bonds. The fourth-order valence-corrected chi connectivity index (χ4v) is 2.65. The predicted molar refractivity (Wildman–Crippen MR) is 63.2 cm³/mol. The van der Waals surface area contributed by atoms with Crippen LogP contribution in [0, 0.1) is 11.8 Å². The van der Waals surface area contributed by atoms with Crippen LogP contribution >= 0.6 is 12.6 Å². The standard InChI is InChI=1S/C12H20S/c1-3-11(12(13)4-2)10-8-6-5-7-9-10/h3-4,10-13H,1-2,5-9H2. The third-order valence-corrected chi connectivity index (χ3v) is 3.66. The van der Waals surface area contributed by atoms with Crippen LogP contribution in [0.25, 0.3) is 0 Å². The van der Waals surface area contributed by atoms with Crippen LogP contribution in [-0.4, -0.2) is 5.25 Å². The van der Waals surface area contributed by atoms with Crippen molar-refractivity contribution >= 4 is 12.6 Å². The highest BCUT2D eigenvalue weighted by Crippen LogP contribution is 2.34. The molecule has 0 bridgehead atoms. The van der Waals surface area contributed by atoms with E-state index in [2.05, 4.69) is 31.9 Å². The first-order chi connectivity index (χ1) is 6.29. The normalized spacial score (nSPS) is 23.5. The van der Waals surface area contributed by atoms with Gasteiger partial charge >= 0.3 is 0 Å². The summed E-state index contributed by atoms with van der Waals surface area (Å²) in [6.07, 6.45) is 10.9. The summed E-state index contributed by atoms with van der Waals surface area (Å²) in [7, 11) is 0. The van der Waals surface area contributed by atoms with Crippen molar-refractivity contribution in [1.29, 1.82) is 0 Å². The Morgan fingerprint density at radius 1 is 1.08 bits per heavy atom. The molecule has 0 nitrogen and oxygen atoms in total. The van der Waals surface area contributed by atoms with Gasteiger partial charge in [0.25, 0.3) is 0 Å². The van der Waals surface area contributed by atoms with E-state index >= 15 is 0 Å². The zero-order chi connectivity index (χ0) is 9.68. The summed E-state index contributed by atoms with van der Waals surface area (Å²) in [5.41, 5.74) is 0. The maximum Gasteiger partial charge on any atom is 0.0259 e. The predicted octanol–water partition coefficient (Wildman–Crippen LogP) is 3.85. The Morgan fingerprint density at radius 3 is 2.15 bits per heavy atom. The maximum atomic E-state index is 4.53. The molecule has 0 N–H and O–H groups in total. The van der Waals surface area contributed by atoms with Crippen LogP contribution < -0.4 is 0 Å². The van der Waals surface area contributed by atoms with E-state index in [1.807, 2.05) is 6.08 Å². The Kier molecular flexibility index (Phi) is 4.65. The molecule has 1 aliphatic carbocycles. The highest BCUT2D eigenvalue weighted by Gasteiger charge is 2.24. The zero-order valence-corrected chi connectivity index (χ0v) is 9.18. The summed E-state index contributed by atoms with van der Waals surface area (Å²) in [6, 6.07) is 0. The number of allylic oxidation sites excluding steroid dienone is 1. The van der Waals surface area contributed by atoms with Gasteiger partial charge in [0.2, 0.25) is 0 Å². The zero-order valence-electron chi connectivity index (χ0n) is 8.28. The summed E-state index contributed by atoms with van der Waals surface area (Å²) >= 11 is 4.53. The van der Waals surface area contributed by atoms with Crippen molar-refractivity contribution in [2.75, 3.05) is 0 Å². The van der Waals surface area contributed by atoms with E-state index < -0.39 is 0 Å². The molecular formula is C12H20S. The molecule has 13 heavy (non-hydrogen) atoms. The molecule has 0 aromatic rings. The van der Waals surface area contributed by atoms with E-state index in [0.29, 0.717) is 11.2 Å². The largest absolute Gasteiger partial charge is 0.171 e. The van der Waals surface area contributed by atoms with Crippen LogP contribution in [0.4, 0.5) is 0 Å². The first kappa shape index (κ1) is 10.9. The van der Waals surface area contributed by atoms with Gasteiger partial charge in [-0.2, -0.15) is 12.6 Å². The Bertz CT molecular complexity index is 168. The number of hydrogen-bond acceptors (Lipinski definition) is 1.